The molecule has 0 fully saturated rings. The van der Waals surface area contributed by atoms with Gasteiger partial charge in [-0.15, -0.1) is 0 Å². The van der Waals surface area contributed by atoms with Crippen molar-refractivity contribution in [2.75, 3.05) is 13.2 Å². The van der Waals surface area contributed by atoms with Gasteiger partial charge in [-0.05, 0) is 57.8 Å². The largest absolute Gasteiger partial charge is 0.466 e. The van der Waals surface area contributed by atoms with Crippen molar-refractivity contribution in [2.45, 2.75) is 296 Å². The average molecular weight is 872 g/mol. The topological polar surface area (TPSA) is 95.9 Å². The molecule has 2 unspecified atom stereocenters. The zero-order valence-corrected chi connectivity index (χ0v) is 41.4. The van der Waals surface area contributed by atoms with Gasteiger partial charge in [0.05, 0.1) is 25.4 Å². The van der Waals surface area contributed by atoms with Gasteiger partial charge < -0.3 is 20.3 Å². The van der Waals surface area contributed by atoms with E-state index in [1.807, 2.05) is 6.08 Å². The fourth-order valence-corrected chi connectivity index (χ4v) is 8.18. The highest BCUT2D eigenvalue weighted by Crippen LogP contribution is 2.16. The van der Waals surface area contributed by atoms with Crippen LogP contribution < -0.4 is 5.32 Å². The first-order chi connectivity index (χ1) is 30.5. The van der Waals surface area contributed by atoms with Gasteiger partial charge in [-0.3, -0.25) is 9.59 Å². The SMILES string of the molecule is CCCC/C=C\C/C=C\CCCCCCCC(=O)OCCCCCCCCCCCCCCC(=O)NC(CO)C(O)/C=C/CCCCCCCCCCCCCCCCCCC. The third kappa shape index (κ3) is 47.6. The minimum absolute atomic E-state index is 0.0255. The number of amides is 1. The number of carbonyl (C=O) groups excluding carboxylic acids is 2. The Morgan fingerprint density at radius 2 is 0.823 bits per heavy atom. The second-order valence-corrected chi connectivity index (χ2v) is 18.6. The summed E-state index contributed by atoms with van der Waals surface area (Å²) in [4.78, 5) is 24.5. The first-order valence-corrected chi connectivity index (χ1v) is 27.3. The number of nitrogens with one attached hydrogen (secondary N) is 1. The Hall–Kier alpha value is -1.92. The Morgan fingerprint density at radius 3 is 1.27 bits per heavy atom. The van der Waals surface area contributed by atoms with Crippen LogP contribution in [-0.2, 0) is 14.3 Å². The summed E-state index contributed by atoms with van der Waals surface area (Å²) in [6, 6.07) is -0.641. The number of hydrogen-bond acceptors (Lipinski definition) is 5. The van der Waals surface area contributed by atoms with Crippen LogP contribution in [0.2, 0.25) is 0 Å². The lowest BCUT2D eigenvalue weighted by molar-refractivity contribution is -0.143. The van der Waals surface area contributed by atoms with E-state index in [0.29, 0.717) is 19.4 Å². The molecule has 1 amide bonds. The molecule has 0 radical (unpaired) electrons. The van der Waals surface area contributed by atoms with Crippen LogP contribution in [0, 0.1) is 0 Å². The standard InChI is InChI=1S/C56H105NO5/c1-3-5-7-9-11-13-15-17-19-20-21-22-23-24-28-32-36-40-44-48-54(59)53(52-58)57-55(60)49-45-41-37-33-29-26-27-31-35-39-43-47-51-62-56(61)50-46-42-38-34-30-25-18-16-14-12-10-8-6-4-2/h10,12,16,18,44,48,53-54,58-59H,3-9,11,13-15,17,19-43,45-47,49-52H2,1-2H3,(H,57,60)/b12-10-,18-16-,48-44+. The van der Waals surface area contributed by atoms with Crippen LogP contribution in [0.1, 0.15) is 284 Å². The van der Waals surface area contributed by atoms with Crippen LogP contribution in [0.5, 0.6) is 0 Å². The number of aliphatic hydroxyl groups excluding tert-OH is 2. The predicted octanol–water partition coefficient (Wildman–Crippen LogP) is 16.5. The highest BCUT2D eigenvalue weighted by molar-refractivity contribution is 5.76. The molecule has 62 heavy (non-hydrogen) atoms. The summed E-state index contributed by atoms with van der Waals surface area (Å²) in [7, 11) is 0. The van der Waals surface area contributed by atoms with Crippen molar-refractivity contribution in [2.24, 2.45) is 0 Å². The van der Waals surface area contributed by atoms with E-state index in [9.17, 15) is 19.8 Å². The minimum atomic E-state index is -0.856. The Morgan fingerprint density at radius 1 is 0.452 bits per heavy atom. The maximum absolute atomic E-state index is 12.5. The molecule has 6 heteroatoms. The molecule has 364 valence electrons. The number of allylic oxidation sites excluding steroid dienone is 5. The normalized spacial score (nSPS) is 12.9. The molecule has 0 bridgehead atoms. The first-order valence-electron chi connectivity index (χ1n) is 27.3. The quantitative estimate of drug-likeness (QED) is 0.0321. The molecular formula is C56H105NO5. The van der Waals surface area contributed by atoms with Gasteiger partial charge in [-0.2, -0.15) is 0 Å². The predicted molar refractivity (Wildman–Crippen MR) is 269 cm³/mol. The number of aliphatic hydroxyl groups is 2. The average Bonchev–Trinajstić information content (AvgIpc) is 3.27. The van der Waals surface area contributed by atoms with Gasteiger partial charge in [-0.25, -0.2) is 0 Å². The van der Waals surface area contributed by atoms with Crippen LogP contribution in [0.3, 0.4) is 0 Å². The van der Waals surface area contributed by atoms with E-state index in [4.69, 9.17) is 4.74 Å². The molecule has 6 nitrogen and oxygen atoms in total. The molecule has 0 saturated carbocycles. The van der Waals surface area contributed by atoms with Crippen molar-refractivity contribution < 1.29 is 24.5 Å². The smallest absolute Gasteiger partial charge is 0.305 e. The number of hydrogen-bond donors (Lipinski definition) is 3. The Kier molecular flexibility index (Phi) is 50.1. The molecule has 0 rings (SSSR count). The summed E-state index contributed by atoms with van der Waals surface area (Å²) in [6.45, 7) is 4.83. The second-order valence-electron chi connectivity index (χ2n) is 18.6. The minimum Gasteiger partial charge on any atom is -0.466 e. The lowest BCUT2D eigenvalue weighted by Crippen LogP contribution is -2.45. The fourth-order valence-electron chi connectivity index (χ4n) is 8.18. The number of rotatable bonds is 50. The van der Waals surface area contributed by atoms with Gasteiger partial charge in [0.15, 0.2) is 0 Å². The molecule has 0 aromatic heterocycles. The summed E-state index contributed by atoms with van der Waals surface area (Å²) in [5.41, 5.74) is 0. The highest BCUT2D eigenvalue weighted by atomic mass is 16.5. The monoisotopic (exact) mass is 872 g/mol. The summed E-state index contributed by atoms with van der Waals surface area (Å²) >= 11 is 0. The summed E-state index contributed by atoms with van der Waals surface area (Å²) in [6.07, 6.45) is 62.9. The molecule has 2 atom stereocenters. The van der Waals surface area contributed by atoms with Crippen molar-refractivity contribution in [3.63, 3.8) is 0 Å². The van der Waals surface area contributed by atoms with Crippen LogP contribution in [0.15, 0.2) is 36.5 Å². The molecule has 0 aromatic carbocycles. The van der Waals surface area contributed by atoms with Crippen molar-refractivity contribution in [1.82, 2.24) is 5.32 Å². The molecule has 0 saturated heterocycles. The summed E-state index contributed by atoms with van der Waals surface area (Å²) < 4.78 is 5.45. The van der Waals surface area contributed by atoms with Crippen LogP contribution >= 0.6 is 0 Å². The van der Waals surface area contributed by atoms with Crippen molar-refractivity contribution in [1.29, 1.82) is 0 Å². The second kappa shape index (κ2) is 51.7. The maximum atomic E-state index is 12.5. The number of ether oxygens (including phenoxy) is 1. The van der Waals surface area contributed by atoms with Crippen molar-refractivity contribution in [3.05, 3.63) is 36.5 Å². The molecule has 0 spiro atoms. The van der Waals surface area contributed by atoms with Gasteiger partial charge in [0.2, 0.25) is 5.91 Å². The van der Waals surface area contributed by atoms with E-state index in [1.165, 1.54) is 186 Å². The van der Waals surface area contributed by atoms with E-state index >= 15 is 0 Å². The third-order valence-corrected chi connectivity index (χ3v) is 12.4. The Bertz CT molecular complexity index is 1010. The Balaban J connectivity index is 3.51. The highest BCUT2D eigenvalue weighted by Gasteiger charge is 2.18. The molecule has 0 heterocycles. The van der Waals surface area contributed by atoms with Gasteiger partial charge >= 0.3 is 5.97 Å². The van der Waals surface area contributed by atoms with E-state index in [2.05, 4.69) is 43.5 Å². The van der Waals surface area contributed by atoms with Gasteiger partial charge in [0.25, 0.3) is 0 Å². The van der Waals surface area contributed by atoms with Crippen LogP contribution in [0.25, 0.3) is 0 Å². The van der Waals surface area contributed by atoms with E-state index in [0.717, 1.165) is 70.6 Å². The lowest BCUT2D eigenvalue weighted by Gasteiger charge is -2.20. The summed E-state index contributed by atoms with van der Waals surface area (Å²) in [5, 5.41) is 23.1. The number of esters is 1. The maximum Gasteiger partial charge on any atom is 0.305 e. The van der Waals surface area contributed by atoms with Gasteiger partial charge in [0, 0.05) is 12.8 Å². The lowest BCUT2D eigenvalue weighted by atomic mass is 10.0. The van der Waals surface area contributed by atoms with E-state index in [1.54, 1.807) is 6.08 Å². The number of carbonyl (C=O) groups is 2. The fraction of sp³-hybridized carbons (Fsp3) is 0.857. The van der Waals surface area contributed by atoms with E-state index in [-0.39, 0.29) is 18.5 Å². The molecule has 0 aromatic rings. The molecule has 0 aliphatic heterocycles. The molecule has 3 N–H and O–H groups in total. The third-order valence-electron chi connectivity index (χ3n) is 12.4. The summed E-state index contributed by atoms with van der Waals surface area (Å²) in [5.74, 6) is -0.109. The Labute approximate surface area is 385 Å². The van der Waals surface area contributed by atoms with Crippen LogP contribution in [0.4, 0.5) is 0 Å². The van der Waals surface area contributed by atoms with Gasteiger partial charge in [0.1, 0.15) is 0 Å². The zero-order valence-electron chi connectivity index (χ0n) is 41.4. The molecule has 0 aliphatic carbocycles. The molecule has 0 aliphatic rings. The van der Waals surface area contributed by atoms with Crippen molar-refractivity contribution in [3.8, 4) is 0 Å². The van der Waals surface area contributed by atoms with E-state index < -0.39 is 12.1 Å². The zero-order chi connectivity index (χ0) is 45.1. The van der Waals surface area contributed by atoms with Crippen LogP contribution in [-0.4, -0.2) is 47.4 Å². The number of unbranched alkanes of at least 4 members (excludes halogenated alkanes) is 35. The first kappa shape index (κ1) is 60.1. The molecular weight excluding hydrogens is 767 g/mol. The van der Waals surface area contributed by atoms with Crippen molar-refractivity contribution >= 4 is 11.9 Å². The van der Waals surface area contributed by atoms with Gasteiger partial charge in [-0.1, -0.05) is 249 Å².